The predicted octanol–water partition coefficient (Wildman–Crippen LogP) is 1.58. The van der Waals surface area contributed by atoms with Crippen molar-refractivity contribution in [3.8, 4) is 6.07 Å². The summed E-state index contributed by atoms with van der Waals surface area (Å²) in [6.45, 7) is 5.42. The Morgan fingerprint density at radius 2 is 1.96 bits per heavy atom. The number of likely N-dealkylation sites (tertiary alicyclic amines) is 1. The molecule has 0 aliphatic carbocycles. The molecule has 1 saturated heterocycles. The number of aryl methyl sites for hydroxylation is 2. The van der Waals surface area contributed by atoms with Crippen LogP contribution in [0.4, 0.5) is 0 Å². The van der Waals surface area contributed by atoms with Crippen LogP contribution in [-0.2, 0) is 0 Å². The lowest BCUT2D eigenvalue weighted by molar-refractivity contribution is 0.0679. The van der Waals surface area contributed by atoms with Crippen LogP contribution in [0.3, 0.4) is 0 Å². The summed E-state index contributed by atoms with van der Waals surface area (Å²) in [6.07, 6.45) is 4.63. The SMILES string of the molecule is Cc1ncnc(C)c1C(=O)NCC1CCN(C(=O)c2cc(C#N)c[nH]2)CC1. The predicted molar refractivity (Wildman–Crippen MR) is 98.0 cm³/mol. The number of carbonyl (C=O) groups excluding carboxylic acids is 2. The summed E-state index contributed by atoms with van der Waals surface area (Å²) in [7, 11) is 0. The van der Waals surface area contributed by atoms with Crippen molar-refractivity contribution in [3.05, 3.63) is 46.8 Å². The minimum Gasteiger partial charge on any atom is -0.356 e. The average Bonchev–Trinajstić information content (AvgIpc) is 3.15. The third kappa shape index (κ3) is 4.14. The third-order valence-electron chi connectivity index (χ3n) is 4.95. The van der Waals surface area contributed by atoms with Crippen molar-refractivity contribution in [3.63, 3.8) is 0 Å². The lowest BCUT2D eigenvalue weighted by atomic mass is 9.96. The third-order valence-corrected chi connectivity index (χ3v) is 4.95. The average molecular weight is 366 g/mol. The van der Waals surface area contributed by atoms with Crippen molar-refractivity contribution in [2.24, 2.45) is 5.92 Å². The molecule has 8 heteroatoms. The number of aromatic amines is 1. The Hall–Kier alpha value is -3.21. The van der Waals surface area contributed by atoms with Gasteiger partial charge in [0.15, 0.2) is 0 Å². The van der Waals surface area contributed by atoms with Crippen molar-refractivity contribution in [1.82, 2.24) is 25.2 Å². The maximum absolute atomic E-state index is 12.5. The molecule has 3 rings (SSSR count). The van der Waals surface area contributed by atoms with Gasteiger partial charge in [0.25, 0.3) is 11.8 Å². The summed E-state index contributed by atoms with van der Waals surface area (Å²) in [5, 5.41) is 11.8. The zero-order chi connectivity index (χ0) is 19.4. The van der Waals surface area contributed by atoms with Gasteiger partial charge in [-0.3, -0.25) is 9.59 Å². The van der Waals surface area contributed by atoms with E-state index in [2.05, 4.69) is 20.3 Å². The molecular weight excluding hydrogens is 344 g/mol. The first-order valence-electron chi connectivity index (χ1n) is 8.93. The van der Waals surface area contributed by atoms with Gasteiger partial charge in [-0.15, -0.1) is 0 Å². The van der Waals surface area contributed by atoms with Crippen LogP contribution in [0.5, 0.6) is 0 Å². The van der Waals surface area contributed by atoms with Crippen molar-refractivity contribution >= 4 is 11.8 Å². The minimum atomic E-state index is -0.153. The van der Waals surface area contributed by atoms with Gasteiger partial charge in [-0.2, -0.15) is 5.26 Å². The zero-order valence-electron chi connectivity index (χ0n) is 15.5. The first kappa shape index (κ1) is 18.6. The van der Waals surface area contributed by atoms with Crippen LogP contribution in [0.15, 0.2) is 18.6 Å². The Bertz CT molecular complexity index is 870. The molecule has 8 nitrogen and oxygen atoms in total. The van der Waals surface area contributed by atoms with Gasteiger partial charge in [-0.05, 0) is 38.7 Å². The number of rotatable bonds is 4. The fraction of sp³-hybridized carbons (Fsp3) is 0.421. The summed E-state index contributed by atoms with van der Waals surface area (Å²) >= 11 is 0. The summed E-state index contributed by atoms with van der Waals surface area (Å²) in [5.41, 5.74) is 2.76. The van der Waals surface area contributed by atoms with Crippen LogP contribution in [0.1, 0.15) is 50.6 Å². The summed E-state index contributed by atoms with van der Waals surface area (Å²) in [4.78, 5) is 37.7. The molecule has 27 heavy (non-hydrogen) atoms. The number of nitrogens with zero attached hydrogens (tertiary/aromatic N) is 4. The zero-order valence-corrected chi connectivity index (χ0v) is 15.5. The van der Waals surface area contributed by atoms with E-state index in [0.717, 1.165) is 12.8 Å². The number of amides is 2. The molecule has 1 aliphatic heterocycles. The molecular formula is C19H22N6O2. The van der Waals surface area contributed by atoms with Crippen molar-refractivity contribution in [2.45, 2.75) is 26.7 Å². The molecule has 0 atom stereocenters. The normalized spacial score (nSPS) is 14.6. The van der Waals surface area contributed by atoms with Gasteiger partial charge < -0.3 is 15.2 Å². The number of carbonyl (C=O) groups is 2. The van der Waals surface area contributed by atoms with Gasteiger partial charge in [0.2, 0.25) is 0 Å². The van der Waals surface area contributed by atoms with E-state index in [1.807, 2.05) is 6.07 Å². The smallest absolute Gasteiger partial charge is 0.270 e. The molecule has 3 heterocycles. The van der Waals surface area contributed by atoms with E-state index >= 15 is 0 Å². The number of hydrogen-bond acceptors (Lipinski definition) is 5. The maximum atomic E-state index is 12.5. The molecule has 1 fully saturated rings. The molecule has 0 radical (unpaired) electrons. The van der Waals surface area contributed by atoms with E-state index in [-0.39, 0.29) is 11.8 Å². The van der Waals surface area contributed by atoms with Gasteiger partial charge in [-0.1, -0.05) is 0 Å². The summed E-state index contributed by atoms with van der Waals surface area (Å²) < 4.78 is 0. The number of piperidine rings is 1. The second kappa shape index (κ2) is 7.99. The second-order valence-corrected chi connectivity index (χ2v) is 6.78. The van der Waals surface area contributed by atoms with Gasteiger partial charge >= 0.3 is 0 Å². The highest BCUT2D eigenvalue weighted by Crippen LogP contribution is 2.19. The fourth-order valence-electron chi connectivity index (χ4n) is 3.34. The Labute approximate surface area is 157 Å². The molecule has 2 aromatic heterocycles. The quantitative estimate of drug-likeness (QED) is 0.852. The maximum Gasteiger partial charge on any atom is 0.270 e. The first-order valence-corrected chi connectivity index (χ1v) is 8.93. The number of hydrogen-bond donors (Lipinski definition) is 2. The van der Waals surface area contributed by atoms with Gasteiger partial charge in [0, 0.05) is 25.8 Å². The van der Waals surface area contributed by atoms with E-state index in [1.54, 1.807) is 24.8 Å². The van der Waals surface area contributed by atoms with E-state index in [9.17, 15) is 9.59 Å². The fourth-order valence-corrected chi connectivity index (χ4v) is 3.34. The first-order chi connectivity index (χ1) is 13.0. The Balaban J connectivity index is 1.50. The minimum absolute atomic E-state index is 0.0910. The van der Waals surface area contributed by atoms with E-state index in [1.165, 1.54) is 12.5 Å². The Kier molecular flexibility index (Phi) is 5.50. The highest BCUT2D eigenvalue weighted by Gasteiger charge is 2.25. The molecule has 0 aromatic carbocycles. The highest BCUT2D eigenvalue weighted by molar-refractivity contribution is 5.96. The van der Waals surface area contributed by atoms with Crippen LogP contribution in [0.2, 0.25) is 0 Å². The molecule has 0 saturated carbocycles. The Morgan fingerprint density at radius 3 is 2.56 bits per heavy atom. The van der Waals surface area contributed by atoms with E-state index in [0.29, 0.717) is 53.8 Å². The molecule has 0 bridgehead atoms. The molecule has 2 amide bonds. The largest absolute Gasteiger partial charge is 0.356 e. The van der Waals surface area contributed by atoms with Crippen LogP contribution in [0.25, 0.3) is 0 Å². The second-order valence-electron chi connectivity index (χ2n) is 6.78. The standard InChI is InChI=1S/C19H22N6O2/c1-12-17(13(2)24-11-23-12)18(26)22-9-14-3-5-25(6-4-14)19(27)16-7-15(8-20)10-21-16/h7,10-11,14,21H,3-6,9H2,1-2H3,(H,22,26). The monoisotopic (exact) mass is 366 g/mol. The van der Waals surface area contributed by atoms with Crippen LogP contribution in [-0.4, -0.2) is 51.3 Å². The molecule has 2 N–H and O–H groups in total. The van der Waals surface area contributed by atoms with Crippen LogP contribution in [0, 0.1) is 31.1 Å². The summed E-state index contributed by atoms with van der Waals surface area (Å²) in [6, 6.07) is 3.58. The van der Waals surface area contributed by atoms with Gasteiger partial charge in [0.05, 0.1) is 22.5 Å². The van der Waals surface area contributed by atoms with Crippen LogP contribution < -0.4 is 5.32 Å². The molecule has 0 unspecified atom stereocenters. The summed E-state index contributed by atoms with van der Waals surface area (Å²) in [5.74, 6) is 0.0766. The van der Waals surface area contributed by atoms with E-state index in [4.69, 9.17) is 5.26 Å². The topological polar surface area (TPSA) is 115 Å². The number of H-pyrrole nitrogens is 1. The number of nitrogens with one attached hydrogen (secondary N) is 2. The van der Waals surface area contributed by atoms with E-state index < -0.39 is 0 Å². The molecule has 140 valence electrons. The molecule has 2 aromatic rings. The van der Waals surface area contributed by atoms with Crippen molar-refractivity contribution in [1.29, 1.82) is 5.26 Å². The highest BCUT2D eigenvalue weighted by atomic mass is 16.2. The molecule has 1 aliphatic rings. The lowest BCUT2D eigenvalue weighted by Crippen LogP contribution is -2.41. The molecule has 0 spiro atoms. The van der Waals surface area contributed by atoms with Crippen molar-refractivity contribution < 1.29 is 9.59 Å². The van der Waals surface area contributed by atoms with Crippen molar-refractivity contribution in [2.75, 3.05) is 19.6 Å². The van der Waals surface area contributed by atoms with Crippen LogP contribution >= 0.6 is 0 Å². The van der Waals surface area contributed by atoms with Gasteiger partial charge in [0.1, 0.15) is 18.1 Å². The van der Waals surface area contributed by atoms with Gasteiger partial charge in [-0.25, -0.2) is 9.97 Å². The number of nitriles is 1. The number of aromatic nitrogens is 3. The lowest BCUT2D eigenvalue weighted by Gasteiger charge is -2.31. The Morgan fingerprint density at radius 1 is 1.30 bits per heavy atom.